The van der Waals surface area contributed by atoms with Gasteiger partial charge in [-0.2, -0.15) is 0 Å². The summed E-state index contributed by atoms with van der Waals surface area (Å²) in [6, 6.07) is 9.21. The maximum atomic E-state index is 12.0. The molecule has 0 atom stereocenters. The van der Waals surface area contributed by atoms with Crippen LogP contribution in [0.4, 0.5) is 0 Å². The summed E-state index contributed by atoms with van der Waals surface area (Å²) in [6.45, 7) is 4.03. The molecule has 0 unspecified atom stereocenters. The normalized spacial score (nSPS) is 10.6. The van der Waals surface area contributed by atoms with E-state index in [4.69, 9.17) is 16.3 Å². The number of carbonyl (C=O) groups excluding carboxylic acids is 1. The summed E-state index contributed by atoms with van der Waals surface area (Å²) in [7, 11) is 0. The van der Waals surface area contributed by atoms with Crippen molar-refractivity contribution in [3.8, 4) is 21.0 Å². The van der Waals surface area contributed by atoms with Crippen molar-refractivity contribution >= 4 is 28.9 Å². The van der Waals surface area contributed by atoms with E-state index < -0.39 is 5.97 Å². The number of pyridine rings is 1. The number of aryl methyl sites for hydroxylation is 1. The maximum Gasteiger partial charge on any atom is 0.339 e. The summed E-state index contributed by atoms with van der Waals surface area (Å²) in [5.74, 6) is -0.418. The average molecular weight is 359 g/mol. The third-order valence-corrected chi connectivity index (χ3v) is 5.01. The Kier molecular flexibility index (Phi) is 4.92. The van der Waals surface area contributed by atoms with Gasteiger partial charge in [0.2, 0.25) is 0 Å². The van der Waals surface area contributed by atoms with E-state index >= 15 is 0 Å². The molecule has 0 saturated carbocycles. The van der Waals surface area contributed by atoms with Crippen molar-refractivity contribution in [2.45, 2.75) is 13.8 Å². The minimum Gasteiger partial charge on any atom is -0.462 e. The smallest absolute Gasteiger partial charge is 0.339 e. The van der Waals surface area contributed by atoms with Crippen LogP contribution in [0.1, 0.15) is 23.0 Å². The second-order valence-corrected chi connectivity index (χ2v) is 6.50. The number of benzene rings is 1. The molecular weight excluding hydrogens is 344 g/mol. The number of nitrogens with zero attached hydrogens (tertiary/aromatic N) is 2. The zero-order chi connectivity index (χ0) is 17.1. The van der Waals surface area contributed by atoms with E-state index in [-0.39, 0.29) is 0 Å². The van der Waals surface area contributed by atoms with Crippen LogP contribution in [0.15, 0.2) is 42.7 Å². The fourth-order valence-corrected chi connectivity index (χ4v) is 3.56. The number of thiazole rings is 1. The predicted molar refractivity (Wildman–Crippen MR) is 96.5 cm³/mol. The van der Waals surface area contributed by atoms with E-state index in [1.165, 1.54) is 0 Å². The summed E-state index contributed by atoms with van der Waals surface area (Å²) >= 11 is 7.69. The van der Waals surface area contributed by atoms with E-state index in [9.17, 15) is 4.79 Å². The summed E-state index contributed by atoms with van der Waals surface area (Å²) in [6.07, 6.45) is 3.52. The first kappa shape index (κ1) is 16.6. The van der Waals surface area contributed by atoms with E-state index in [1.54, 1.807) is 42.8 Å². The van der Waals surface area contributed by atoms with Crippen molar-refractivity contribution < 1.29 is 9.53 Å². The molecule has 122 valence electrons. The van der Waals surface area contributed by atoms with Crippen molar-refractivity contribution in [3.05, 3.63) is 59.0 Å². The molecule has 2 heterocycles. The highest BCUT2D eigenvalue weighted by atomic mass is 35.5. The van der Waals surface area contributed by atoms with Gasteiger partial charge in [0, 0.05) is 18.0 Å². The predicted octanol–water partition coefficient (Wildman–Crippen LogP) is 5.01. The SMILES string of the molecule is CCOC(=O)c1cc(-c2sc(-c3cccnc3)nc2C)ccc1Cl. The van der Waals surface area contributed by atoms with Crippen LogP contribution in [-0.4, -0.2) is 22.5 Å². The third-order valence-electron chi connectivity index (χ3n) is 3.43. The monoisotopic (exact) mass is 358 g/mol. The standard InChI is InChI=1S/C18H15ClN2O2S/c1-3-23-18(22)14-9-12(6-7-15(14)19)16-11(2)21-17(24-16)13-5-4-8-20-10-13/h4-10H,3H2,1-2H3. The van der Waals surface area contributed by atoms with Crippen LogP contribution in [0, 0.1) is 6.92 Å². The van der Waals surface area contributed by atoms with E-state index in [1.807, 2.05) is 25.1 Å². The van der Waals surface area contributed by atoms with Crippen LogP contribution in [0.3, 0.4) is 0 Å². The highest BCUT2D eigenvalue weighted by Crippen LogP contribution is 2.36. The molecule has 3 aromatic rings. The molecule has 3 rings (SSSR count). The molecule has 0 amide bonds. The summed E-state index contributed by atoms with van der Waals surface area (Å²) in [5.41, 5.74) is 3.13. The summed E-state index contributed by atoms with van der Waals surface area (Å²) < 4.78 is 5.06. The first-order valence-electron chi connectivity index (χ1n) is 7.45. The van der Waals surface area contributed by atoms with Crippen LogP contribution in [-0.2, 0) is 4.74 Å². The first-order valence-corrected chi connectivity index (χ1v) is 8.64. The van der Waals surface area contributed by atoms with Crippen molar-refractivity contribution in [3.63, 3.8) is 0 Å². The minimum absolute atomic E-state index is 0.310. The average Bonchev–Trinajstić information content (AvgIpc) is 2.98. The molecular formula is C18H15ClN2O2S. The van der Waals surface area contributed by atoms with Crippen LogP contribution in [0.25, 0.3) is 21.0 Å². The van der Waals surface area contributed by atoms with Gasteiger partial charge in [0.05, 0.1) is 27.8 Å². The highest BCUT2D eigenvalue weighted by Gasteiger charge is 2.16. The lowest BCUT2D eigenvalue weighted by molar-refractivity contribution is 0.0526. The molecule has 2 aromatic heterocycles. The van der Waals surface area contributed by atoms with E-state index in [2.05, 4.69) is 9.97 Å². The summed E-state index contributed by atoms with van der Waals surface area (Å²) in [4.78, 5) is 21.8. The number of aromatic nitrogens is 2. The quantitative estimate of drug-likeness (QED) is 0.615. The van der Waals surface area contributed by atoms with Gasteiger partial charge in [-0.15, -0.1) is 11.3 Å². The molecule has 0 bridgehead atoms. The zero-order valence-corrected chi connectivity index (χ0v) is 14.8. The molecule has 0 aliphatic rings. The Labute approximate surface area is 149 Å². The molecule has 4 nitrogen and oxygen atoms in total. The molecule has 1 aromatic carbocycles. The van der Waals surface area contributed by atoms with E-state index in [0.717, 1.165) is 26.7 Å². The Morgan fingerprint density at radius 2 is 2.12 bits per heavy atom. The van der Waals surface area contributed by atoms with Gasteiger partial charge in [-0.05, 0) is 43.7 Å². The Bertz CT molecular complexity index is 878. The lowest BCUT2D eigenvalue weighted by atomic mass is 10.1. The number of ether oxygens (including phenoxy) is 1. The van der Waals surface area contributed by atoms with Gasteiger partial charge in [0.1, 0.15) is 5.01 Å². The molecule has 0 aliphatic carbocycles. The molecule has 0 spiro atoms. The van der Waals surface area contributed by atoms with Gasteiger partial charge in [0.25, 0.3) is 0 Å². The van der Waals surface area contributed by atoms with Gasteiger partial charge in [-0.1, -0.05) is 17.7 Å². The maximum absolute atomic E-state index is 12.0. The van der Waals surface area contributed by atoms with Gasteiger partial charge < -0.3 is 4.74 Å². The third kappa shape index (κ3) is 3.32. The largest absolute Gasteiger partial charge is 0.462 e. The Morgan fingerprint density at radius 1 is 1.29 bits per heavy atom. The topological polar surface area (TPSA) is 52.1 Å². The van der Waals surface area contributed by atoms with Crippen LogP contribution < -0.4 is 0 Å². The molecule has 0 N–H and O–H groups in total. The van der Waals surface area contributed by atoms with Crippen molar-refractivity contribution in [2.75, 3.05) is 6.61 Å². The van der Waals surface area contributed by atoms with Gasteiger partial charge in [-0.25, -0.2) is 9.78 Å². The second-order valence-electron chi connectivity index (χ2n) is 5.09. The molecule has 0 radical (unpaired) electrons. The molecule has 0 saturated heterocycles. The van der Waals surface area contributed by atoms with Crippen LogP contribution in [0.5, 0.6) is 0 Å². The number of rotatable bonds is 4. The minimum atomic E-state index is -0.418. The Morgan fingerprint density at radius 3 is 2.83 bits per heavy atom. The van der Waals surface area contributed by atoms with Gasteiger partial charge in [-0.3, -0.25) is 4.98 Å². The summed E-state index contributed by atoms with van der Waals surface area (Å²) in [5, 5.41) is 1.27. The van der Waals surface area contributed by atoms with Crippen molar-refractivity contribution in [1.82, 2.24) is 9.97 Å². The number of halogens is 1. The lowest BCUT2D eigenvalue weighted by Crippen LogP contribution is -2.05. The van der Waals surface area contributed by atoms with Gasteiger partial charge in [0.15, 0.2) is 0 Å². The molecule has 0 aliphatic heterocycles. The fraction of sp³-hybridized carbons (Fsp3) is 0.167. The number of carbonyl (C=O) groups is 1. The van der Waals surface area contributed by atoms with Crippen LogP contribution >= 0.6 is 22.9 Å². The van der Waals surface area contributed by atoms with Crippen molar-refractivity contribution in [1.29, 1.82) is 0 Å². The fourth-order valence-electron chi connectivity index (χ4n) is 2.31. The second kappa shape index (κ2) is 7.11. The van der Waals surface area contributed by atoms with Crippen LogP contribution in [0.2, 0.25) is 5.02 Å². The number of hydrogen-bond acceptors (Lipinski definition) is 5. The van der Waals surface area contributed by atoms with Crippen molar-refractivity contribution in [2.24, 2.45) is 0 Å². The zero-order valence-electron chi connectivity index (χ0n) is 13.2. The molecule has 6 heteroatoms. The van der Waals surface area contributed by atoms with Gasteiger partial charge >= 0.3 is 5.97 Å². The number of esters is 1. The van der Waals surface area contributed by atoms with E-state index in [0.29, 0.717) is 17.2 Å². The first-order chi connectivity index (χ1) is 11.6. The number of hydrogen-bond donors (Lipinski definition) is 0. The molecule has 24 heavy (non-hydrogen) atoms. The Hall–Kier alpha value is -2.24. The molecule has 0 fully saturated rings. The lowest BCUT2D eigenvalue weighted by Gasteiger charge is -2.06. The Balaban J connectivity index is 2.02. The highest BCUT2D eigenvalue weighted by molar-refractivity contribution is 7.18.